The summed E-state index contributed by atoms with van der Waals surface area (Å²) >= 11 is 0. The molecule has 3 nitrogen and oxygen atoms in total. The van der Waals surface area contributed by atoms with Gasteiger partial charge in [-0.25, -0.2) is 0 Å². The summed E-state index contributed by atoms with van der Waals surface area (Å²) in [6.45, 7) is 1.73. The number of rotatable bonds is 4. The molecule has 0 aliphatic carbocycles. The van der Waals surface area contributed by atoms with Gasteiger partial charge in [-0.3, -0.25) is 4.90 Å². The van der Waals surface area contributed by atoms with Crippen molar-refractivity contribution in [2.24, 2.45) is 0 Å². The van der Waals surface area contributed by atoms with Crippen molar-refractivity contribution in [2.75, 3.05) is 13.2 Å². The molecule has 0 fully saturated rings. The Kier molecular flexibility index (Phi) is 4.34. The molecule has 0 aromatic heterocycles. The summed E-state index contributed by atoms with van der Waals surface area (Å²) in [5.41, 5.74) is 3.65. The highest BCUT2D eigenvalue weighted by molar-refractivity contribution is 5.34. The largest absolute Gasteiger partial charge is 0.396 e. The van der Waals surface area contributed by atoms with Crippen LogP contribution in [0.25, 0.3) is 0 Å². The van der Waals surface area contributed by atoms with E-state index in [0.29, 0.717) is 0 Å². The first kappa shape index (κ1) is 14.3. The van der Waals surface area contributed by atoms with Crippen LogP contribution in [0.2, 0.25) is 0 Å². The molecule has 110 valence electrons. The zero-order chi connectivity index (χ0) is 14.7. The summed E-state index contributed by atoms with van der Waals surface area (Å²) in [4.78, 5) is 2.26. The maximum atomic E-state index is 9.81. The van der Waals surface area contributed by atoms with Gasteiger partial charge in [0.1, 0.15) is 0 Å². The van der Waals surface area contributed by atoms with Gasteiger partial charge in [-0.1, -0.05) is 54.6 Å². The molecule has 0 amide bonds. The highest BCUT2D eigenvalue weighted by atomic mass is 16.3. The third-order valence-electron chi connectivity index (χ3n) is 4.37. The van der Waals surface area contributed by atoms with Crippen LogP contribution in [0.1, 0.15) is 22.6 Å². The molecule has 3 heteroatoms. The number of hydrogen-bond acceptors (Lipinski definition) is 3. The fourth-order valence-electron chi connectivity index (χ4n) is 3.29. The molecule has 1 heterocycles. The van der Waals surface area contributed by atoms with Crippen LogP contribution in [0.15, 0.2) is 54.6 Å². The fraction of sp³-hybridized carbons (Fsp3) is 0.333. The zero-order valence-corrected chi connectivity index (χ0v) is 12.0. The van der Waals surface area contributed by atoms with Gasteiger partial charge in [0.05, 0.1) is 13.2 Å². The lowest BCUT2D eigenvalue weighted by Gasteiger charge is -2.41. The lowest BCUT2D eigenvalue weighted by Crippen LogP contribution is -2.46. The van der Waals surface area contributed by atoms with Crippen LogP contribution in [0.3, 0.4) is 0 Å². The summed E-state index contributed by atoms with van der Waals surface area (Å²) in [6.07, 6.45) is 0. The minimum absolute atomic E-state index is 0.0244. The monoisotopic (exact) mass is 283 g/mol. The first-order valence-electron chi connectivity index (χ1n) is 7.41. The van der Waals surface area contributed by atoms with Gasteiger partial charge in [0, 0.05) is 25.0 Å². The average Bonchev–Trinajstić information content (AvgIpc) is 2.54. The molecular formula is C18H21NO2. The van der Waals surface area contributed by atoms with Crippen LogP contribution in [0, 0.1) is 0 Å². The first-order chi connectivity index (χ1) is 10.3. The van der Waals surface area contributed by atoms with Gasteiger partial charge in [0.2, 0.25) is 0 Å². The Bertz CT molecular complexity index is 585. The molecule has 2 N–H and O–H groups in total. The van der Waals surface area contributed by atoms with Crippen LogP contribution in [-0.4, -0.2) is 34.4 Å². The number of aliphatic hydroxyl groups excluding tert-OH is 2. The van der Waals surface area contributed by atoms with Gasteiger partial charge >= 0.3 is 0 Å². The maximum Gasteiger partial charge on any atom is 0.0593 e. The molecule has 2 atom stereocenters. The van der Waals surface area contributed by atoms with Gasteiger partial charge in [-0.05, 0) is 16.7 Å². The Morgan fingerprint density at radius 2 is 1.62 bits per heavy atom. The Labute approximate surface area is 125 Å². The van der Waals surface area contributed by atoms with E-state index in [1.807, 2.05) is 30.3 Å². The minimum atomic E-state index is -0.0369. The molecule has 21 heavy (non-hydrogen) atoms. The highest BCUT2D eigenvalue weighted by Gasteiger charge is 2.33. The number of hydrogen-bond donors (Lipinski definition) is 2. The van der Waals surface area contributed by atoms with E-state index in [0.717, 1.165) is 13.1 Å². The molecule has 2 aromatic rings. The number of fused-ring (bicyclic) bond motifs is 1. The normalized spacial score (nSPS) is 22.0. The Balaban J connectivity index is 1.90. The fourth-order valence-corrected chi connectivity index (χ4v) is 3.29. The van der Waals surface area contributed by atoms with Crippen LogP contribution < -0.4 is 0 Å². The van der Waals surface area contributed by atoms with Gasteiger partial charge in [0.15, 0.2) is 0 Å². The molecule has 0 radical (unpaired) electrons. The van der Waals surface area contributed by atoms with E-state index in [4.69, 9.17) is 0 Å². The highest BCUT2D eigenvalue weighted by Crippen LogP contribution is 2.33. The van der Waals surface area contributed by atoms with E-state index in [1.54, 1.807) is 0 Å². The summed E-state index contributed by atoms with van der Waals surface area (Å²) in [6, 6.07) is 18.5. The molecule has 0 saturated heterocycles. The minimum Gasteiger partial charge on any atom is -0.396 e. The maximum absolute atomic E-state index is 9.81. The van der Waals surface area contributed by atoms with Crippen molar-refractivity contribution < 1.29 is 10.2 Å². The van der Waals surface area contributed by atoms with Gasteiger partial charge in [-0.15, -0.1) is 0 Å². The molecule has 2 aromatic carbocycles. The quantitative estimate of drug-likeness (QED) is 0.903. The topological polar surface area (TPSA) is 43.7 Å². The molecule has 0 saturated carbocycles. The number of benzene rings is 2. The van der Waals surface area contributed by atoms with Crippen LogP contribution in [0.4, 0.5) is 0 Å². The van der Waals surface area contributed by atoms with E-state index < -0.39 is 0 Å². The number of aliphatic hydroxyl groups is 2. The molecule has 0 unspecified atom stereocenters. The molecular weight excluding hydrogens is 262 g/mol. The SMILES string of the molecule is OC[C@H]1c2ccccc2CN(Cc2ccccc2)[C@H]1CO. The third-order valence-corrected chi connectivity index (χ3v) is 4.37. The summed E-state index contributed by atoms with van der Waals surface area (Å²) in [7, 11) is 0. The predicted molar refractivity (Wildman–Crippen MR) is 82.8 cm³/mol. The van der Waals surface area contributed by atoms with Gasteiger partial charge in [-0.2, -0.15) is 0 Å². The molecule has 1 aliphatic rings. The second-order valence-corrected chi connectivity index (χ2v) is 5.63. The van der Waals surface area contributed by atoms with E-state index in [1.165, 1.54) is 16.7 Å². The zero-order valence-electron chi connectivity index (χ0n) is 12.0. The standard InChI is InChI=1S/C18H21NO2/c20-12-17-16-9-5-4-8-15(16)11-19(18(17)13-21)10-14-6-2-1-3-7-14/h1-9,17-18,20-21H,10-13H2/t17-,18-/m0/s1. The second-order valence-electron chi connectivity index (χ2n) is 5.63. The Hall–Kier alpha value is -1.68. The summed E-state index contributed by atoms with van der Waals surface area (Å²) in [5.74, 6) is -0.0244. The smallest absolute Gasteiger partial charge is 0.0593 e. The lowest BCUT2D eigenvalue weighted by molar-refractivity contribution is 0.0586. The van der Waals surface area contributed by atoms with Crippen molar-refractivity contribution in [3.8, 4) is 0 Å². The first-order valence-corrected chi connectivity index (χ1v) is 7.41. The van der Waals surface area contributed by atoms with Crippen molar-refractivity contribution in [1.29, 1.82) is 0 Å². The van der Waals surface area contributed by atoms with E-state index in [2.05, 4.69) is 29.2 Å². The van der Waals surface area contributed by atoms with Crippen molar-refractivity contribution in [1.82, 2.24) is 4.90 Å². The Morgan fingerprint density at radius 1 is 0.905 bits per heavy atom. The van der Waals surface area contributed by atoms with E-state index >= 15 is 0 Å². The Morgan fingerprint density at radius 3 is 2.33 bits per heavy atom. The lowest BCUT2D eigenvalue weighted by atomic mass is 9.84. The molecule has 0 bridgehead atoms. The van der Waals surface area contributed by atoms with Crippen LogP contribution >= 0.6 is 0 Å². The van der Waals surface area contributed by atoms with Crippen molar-refractivity contribution >= 4 is 0 Å². The van der Waals surface area contributed by atoms with E-state index in [-0.39, 0.29) is 25.2 Å². The summed E-state index contributed by atoms with van der Waals surface area (Å²) < 4.78 is 0. The van der Waals surface area contributed by atoms with Crippen LogP contribution in [-0.2, 0) is 13.1 Å². The second kappa shape index (κ2) is 6.39. The van der Waals surface area contributed by atoms with Crippen LogP contribution in [0.5, 0.6) is 0 Å². The van der Waals surface area contributed by atoms with Gasteiger partial charge in [0.25, 0.3) is 0 Å². The molecule has 1 aliphatic heterocycles. The molecule has 3 rings (SSSR count). The van der Waals surface area contributed by atoms with Crippen molar-refractivity contribution in [3.05, 3.63) is 71.3 Å². The van der Waals surface area contributed by atoms with Gasteiger partial charge < -0.3 is 10.2 Å². The molecule has 0 spiro atoms. The average molecular weight is 283 g/mol. The summed E-state index contributed by atoms with van der Waals surface area (Å²) in [5, 5.41) is 19.6. The third kappa shape index (κ3) is 2.86. The number of nitrogens with zero attached hydrogens (tertiary/aromatic N) is 1. The van der Waals surface area contributed by atoms with Crippen molar-refractivity contribution in [3.63, 3.8) is 0 Å². The van der Waals surface area contributed by atoms with E-state index in [9.17, 15) is 10.2 Å². The van der Waals surface area contributed by atoms with Crippen molar-refractivity contribution in [2.45, 2.75) is 25.0 Å². The predicted octanol–water partition coefficient (Wildman–Crippen LogP) is 2.14.